The molecule has 0 aliphatic rings. The van der Waals surface area contributed by atoms with Crippen molar-refractivity contribution in [1.82, 2.24) is 5.32 Å². The van der Waals surface area contributed by atoms with Crippen molar-refractivity contribution in [2.45, 2.75) is 25.8 Å². The number of carbonyl (C=O) groups excluding carboxylic acids is 1. The number of rotatable bonds is 7. The fraction of sp³-hybridized carbons (Fsp3) is 0.412. The van der Waals surface area contributed by atoms with Gasteiger partial charge in [-0.25, -0.2) is 4.79 Å². The SMILES string of the molecule is CSCCC(CO)NC(=O)Cc1c(C)c2ccc(O)cc2oc1=O. The number of hydrogen-bond acceptors (Lipinski definition) is 6. The molecule has 2 rings (SSSR count). The largest absolute Gasteiger partial charge is 0.508 e. The van der Waals surface area contributed by atoms with E-state index in [1.807, 2.05) is 6.26 Å². The van der Waals surface area contributed by atoms with Crippen molar-refractivity contribution < 1.29 is 19.4 Å². The first-order valence-corrected chi connectivity index (χ1v) is 9.00. The van der Waals surface area contributed by atoms with E-state index in [-0.39, 0.29) is 41.9 Å². The quantitative estimate of drug-likeness (QED) is 0.655. The highest BCUT2D eigenvalue weighted by atomic mass is 32.2. The molecule has 0 saturated carbocycles. The lowest BCUT2D eigenvalue weighted by Crippen LogP contribution is -2.39. The van der Waals surface area contributed by atoms with Crippen molar-refractivity contribution >= 4 is 28.6 Å². The lowest BCUT2D eigenvalue weighted by atomic mass is 10.0. The Morgan fingerprint density at radius 3 is 2.83 bits per heavy atom. The minimum atomic E-state index is -0.592. The maximum absolute atomic E-state index is 12.2. The Morgan fingerprint density at radius 1 is 1.42 bits per heavy atom. The zero-order chi connectivity index (χ0) is 17.7. The topological polar surface area (TPSA) is 99.8 Å². The summed E-state index contributed by atoms with van der Waals surface area (Å²) in [5.41, 5.74) is 0.633. The second-order valence-electron chi connectivity index (χ2n) is 5.58. The summed E-state index contributed by atoms with van der Waals surface area (Å²) in [6, 6.07) is 4.20. The molecule has 1 unspecified atom stereocenters. The molecule has 0 spiro atoms. The maximum atomic E-state index is 12.2. The molecule has 0 aliphatic heterocycles. The molecule has 24 heavy (non-hydrogen) atoms. The summed E-state index contributed by atoms with van der Waals surface area (Å²) in [7, 11) is 0. The van der Waals surface area contributed by atoms with E-state index >= 15 is 0 Å². The van der Waals surface area contributed by atoms with E-state index in [2.05, 4.69) is 5.32 Å². The van der Waals surface area contributed by atoms with Crippen molar-refractivity contribution in [2.75, 3.05) is 18.6 Å². The fourth-order valence-corrected chi connectivity index (χ4v) is 3.02. The van der Waals surface area contributed by atoms with Crippen LogP contribution < -0.4 is 10.9 Å². The number of thioether (sulfide) groups is 1. The van der Waals surface area contributed by atoms with E-state index < -0.39 is 5.63 Å². The van der Waals surface area contributed by atoms with Gasteiger partial charge in [-0.05, 0) is 43.0 Å². The first-order chi connectivity index (χ1) is 11.5. The number of aryl methyl sites for hydroxylation is 1. The van der Waals surface area contributed by atoms with E-state index in [4.69, 9.17) is 4.42 Å². The molecule has 0 bridgehead atoms. The molecule has 6 nitrogen and oxygen atoms in total. The second kappa shape index (κ2) is 8.21. The zero-order valence-electron chi connectivity index (χ0n) is 13.7. The molecule has 1 amide bonds. The minimum Gasteiger partial charge on any atom is -0.508 e. The lowest BCUT2D eigenvalue weighted by Gasteiger charge is -2.16. The lowest BCUT2D eigenvalue weighted by molar-refractivity contribution is -0.121. The molecule has 3 N–H and O–H groups in total. The smallest absolute Gasteiger partial charge is 0.340 e. The van der Waals surface area contributed by atoms with Crippen molar-refractivity contribution in [2.24, 2.45) is 0 Å². The minimum absolute atomic E-state index is 0.00937. The van der Waals surface area contributed by atoms with Crippen LogP contribution in [-0.2, 0) is 11.2 Å². The Balaban J connectivity index is 2.21. The van der Waals surface area contributed by atoms with Crippen molar-refractivity contribution in [3.63, 3.8) is 0 Å². The van der Waals surface area contributed by atoms with E-state index in [1.54, 1.807) is 24.8 Å². The monoisotopic (exact) mass is 351 g/mol. The number of amides is 1. The van der Waals surface area contributed by atoms with Crippen LogP contribution in [0.15, 0.2) is 27.4 Å². The van der Waals surface area contributed by atoms with Gasteiger partial charge in [-0.1, -0.05) is 0 Å². The van der Waals surface area contributed by atoms with Gasteiger partial charge in [0.25, 0.3) is 0 Å². The van der Waals surface area contributed by atoms with Gasteiger partial charge < -0.3 is 19.9 Å². The zero-order valence-corrected chi connectivity index (χ0v) is 14.5. The van der Waals surface area contributed by atoms with Gasteiger partial charge in [0.15, 0.2) is 0 Å². The average Bonchev–Trinajstić information content (AvgIpc) is 2.55. The molecule has 2 aromatic rings. The van der Waals surface area contributed by atoms with E-state index in [9.17, 15) is 19.8 Å². The van der Waals surface area contributed by atoms with Gasteiger partial charge in [0.2, 0.25) is 5.91 Å². The first-order valence-electron chi connectivity index (χ1n) is 7.60. The van der Waals surface area contributed by atoms with Gasteiger partial charge in [0, 0.05) is 11.5 Å². The third-order valence-corrected chi connectivity index (χ3v) is 4.51. The van der Waals surface area contributed by atoms with Crippen LogP contribution in [0.1, 0.15) is 17.5 Å². The highest BCUT2D eigenvalue weighted by Crippen LogP contribution is 2.23. The van der Waals surface area contributed by atoms with Crippen LogP contribution in [0.4, 0.5) is 0 Å². The number of aliphatic hydroxyl groups excluding tert-OH is 1. The molecule has 1 aromatic heterocycles. The number of benzene rings is 1. The third kappa shape index (κ3) is 4.30. The summed E-state index contributed by atoms with van der Waals surface area (Å²) < 4.78 is 5.20. The number of fused-ring (bicyclic) bond motifs is 1. The van der Waals surface area contributed by atoms with Crippen LogP contribution in [-0.4, -0.2) is 40.8 Å². The van der Waals surface area contributed by atoms with E-state index in [0.717, 1.165) is 5.75 Å². The molecule has 0 radical (unpaired) electrons. The molecule has 1 atom stereocenters. The Kier molecular flexibility index (Phi) is 6.28. The highest BCUT2D eigenvalue weighted by Gasteiger charge is 2.17. The van der Waals surface area contributed by atoms with Gasteiger partial charge in [-0.15, -0.1) is 0 Å². The first kappa shape index (κ1) is 18.4. The summed E-state index contributed by atoms with van der Waals surface area (Å²) in [5.74, 6) is 0.505. The van der Waals surface area contributed by atoms with Gasteiger partial charge in [-0.2, -0.15) is 11.8 Å². The number of nitrogens with one attached hydrogen (secondary N) is 1. The highest BCUT2D eigenvalue weighted by molar-refractivity contribution is 7.98. The summed E-state index contributed by atoms with van der Waals surface area (Å²) in [4.78, 5) is 24.3. The fourth-order valence-electron chi connectivity index (χ4n) is 2.50. The third-order valence-electron chi connectivity index (χ3n) is 3.86. The van der Waals surface area contributed by atoms with Crippen molar-refractivity contribution in [1.29, 1.82) is 0 Å². The Morgan fingerprint density at radius 2 is 2.17 bits per heavy atom. The number of aliphatic hydroxyl groups is 1. The van der Waals surface area contributed by atoms with Crippen LogP contribution in [0.2, 0.25) is 0 Å². The van der Waals surface area contributed by atoms with E-state index in [0.29, 0.717) is 17.4 Å². The Bertz CT molecular complexity index is 786. The van der Waals surface area contributed by atoms with Gasteiger partial charge in [-0.3, -0.25) is 4.79 Å². The molecule has 1 heterocycles. The number of hydrogen-bond donors (Lipinski definition) is 3. The predicted octanol–water partition coefficient (Wildman–Crippen LogP) is 1.58. The van der Waals surface area contributed by atoms with Crippen molar-refractivity contribution in [3.05, 3.63) is 39.7 Å². The number of phenolic OH excluding ortho intramolecular Hbond substituents is 1. The average molecular weight is 351 g/mol. The van der Waals surface area contributed by atoms with Crippen LogP contribution in [0, 0.1) is 6.92 Å². The van der Waals surface area contributed by atoms with Gasteiger partial charge >= 0.3 is 5.63 Å². The summed E-state index contributed by atoms with van der Waals surface area (Å²) >= 11 is 1.64. The Hall–Kier alpha value is -1.99. The van der Waals surface area contributed by atoms with Gasteiger partial charge in [0.1, 0.15) is 11.3 Å². The van der Waals surface area contributed by atoms with Gasteiger partial charge in [0.05, 0.1) is 24.6 Å². The van der Waals surface area contributed by atoms with Crippen LogP contribution in [0.5, 0.6) is 5.75 Å². The standard InChI is InChI=1S/C17H21NO5S/c1-10-13-4-3-12(20)7-15(13)23-17(22)14(10)8-16(21)18-11(9-19)5-6-24-2/h3-4,7,11,19-20H,5-6,8-9H2,1-2H3,(H,18,21). The molecule has 1 aromatic carbocycles. The Labute approximate surface area is 143 Å². The molecular weight excluding hydrogens is 330 g/mol. The number of carbonyl (C=O) groups is 1. The second-order valence-corrected chi connectivity index (χ2v) is 6.56. The van der Waals surface area contributed by atoms with Crippen LogP contribution in [0.25, 0.3) is 11.0 Å². The van der Waals surface area contributed by atoms with Crippen LogP contribution in [0.3, 0.4) is 0 Å². The number of phenols is 1. The molecule has 0 fully saturated rings. The molecule has 0 saturated heterocycles. The summed E-state index contributed by atoms with van der Waals surface area (Å²) in [6.45, 7) is 1.60. The van der Waals surface area contributed by atoms with Crippen molar-refractivity contribution in [3.8, 4) is 5.75 Å². The molecule has 0 aliphatic carbocycles. The summed E-state index contributed by atoms with van der Waals surface area (Å²) in [5, 5.41) is 22.2. The number of aromatic hydroxyl groups is 1. The molecule has 7 heteroatoms. The van der Waals surface area contributed by atoms with E-state index in [1.165, 1.54) is 12.1 Å². The molecular formula is C17H21NO5S. The molecule has 130 valence electrons. The van der Waals surface area contributed by atoms with Crippen LogP contribution >= 0.6 is 11.8 Å². The normalized spacial score (nSPS) is 12.3. The maximum Gasteiger partial charge on any atom is 0.340 e. The summed E-state index contributed by atoms with van der Waals surface area (Å²) in [6.07, 6.45) is 2.51. The predicted molar refractivity (Wildman–Crippen MR) is 94.6 cm³/mol.